The number of amides is 1. The molecule has 0 radical (unpaired) electrons. The fourth-order valence-electron chi connectivity index (χ4n) is 6.38. The lowest BCUT2D eigenvalue weighted by atomic mass is 10.0. The zero-order chi connectivity index (χ0) is 43.6. The van der Waals surface area contributed by atoms with Gasteiger partial charge in [0, 0.05) is 6.42 Å². The summed E-state index contributed by atoms with van der Waals surface area (Å²) < 4.78 is 23.5. The van der Waals surface area contributed by atoms with Crippen molar-refractivity contribution in [2.24, 2.45) is 0 Å². The van der Waals surface area contributed by atoms with Crippen LogP contribution in [0.25, 0.3) is 0 Å². The van der Waals surface area contributed by atoms with Crippen LogP contribution in [-0.2, 0) is 18.4 Å². The Morgan fingerprint density at radius 1 is 0.593 bits per heavy atom. The molecule has 8 nitrogen and oxygen atoms in total. The highest BCUT2D eigenvalue weighted by atomic mass is 31.2. The number of aliphatic hydroxyl groups is 1. The van der Waals surface area contributed by atoms with Gasteiger partial charge in [0.2, 0.25) is 5.91 Å². The molecule has 0 heterocycles. The van der Waals surface area contributed by atoms with Crippen molar-refractivity contribution in [3.8, 4) is 0 Å². The molecule has 0 aromatic rings. The topological polar surface area (TPSA) is 105 Å². The molecule has 1 amide bonds. The molecule has 0 spiro atoms. The Labute approximate surface area is 364 Å². The van der Waals surface area contributed by atoms with Crippen molar-refractivity contribution in [2.75, 3.05) is 40.9 Å². The van der Waals surface area contributed by atoms with E-state index in [4.69, 9.17) is 9.05 Å². The summed E-state index contributed by atoms with van der Waals surface area (Å²) >= 11 is 0. The number of hydrogen-bond acceptors (Lipinski definition) is 5. The van der Waals surface area contributed by atoms with Crippen LogP contribution in [0.15, 0.2) is 72.9 Å². The standard InChI is InChI=1S/C50H91N2O6P/c1-6-8-10-12-14-16-18-19-20-21-22-23-24-25-26-27-28-29-30-31-32-33-34-36-38-40-42-44-50(54)51-48(47-58-59(55,56)57-46-45-52(3,4)5)49(53)43-41-39-37-35-17-15-13-11-9-7-2/h9,11,17-19,21-22,24-25,35,41,43,48-49,53H,6-8,10,12-16,20,23,26-34,36-40,42,44-47H2,1-5H3,(H-,51,54,55,56)/p+1/b11-9+,19-18-,22-21-,25-24-,35-17+,43-41+. The van der Waals surface area contributed by atoms with Gasteiger partial charge in [-0.05, 0) is 77.0 Å². The van der Waals surface area contributed by atoms with Crippen LogP contribution < -0.4 is 5.32 Å². The number of rotatable bonds is 42. The van der Waals surface area contributed by atoms with E-state index in [1.54, 1.807) is 6.08 Å². The van der Waals surface area contributed by atoms with Gasteiger partial charge in [-0.2, -0.15) is 0 Å². The molecule has 59 heavy (non-hydrogen) atoms. The highest BCUT2D eigenvalue weighted by molar-refractivity contribution is 7.47. The molecule has 0 saturated heterocycles. The quantitative estimate of drug-likeness (QED) is 0.0245. The number of likely N-dealkylation sites (N-methyl/N-ethyl adjacent to an activating group) is 1. The summed E-state index contributed by atoms with van der Waals surface area (Å²) in [5.74, 6) is -0.199. The molecule has 0 aromatic heterocycles. The second kappa shape index (κ2) is 41.3. The summed E-state index contributed by atoms with van der Waals surface area (Å²) in [5, 5.41) is 13.7. The molecule has 0 aliphatic rings. The number of unbranched alkanes of at least 4 members (excludes halogenated alkanes) is 19. The molecule has 0 saturated carbocycles. The Hall–Kier alpha value is -2.06. The molecule has 3 N–H and O–H groups in total. The van der Waals surface area contributed by atoms with Crippen molar-refractivity contribution in [1.29, 1.82) is 0 Å². The van der Waals surface area contributed by atoms with Gasteiger partial charge < -0.3 is 19.8 Å². The van der Waals surface area contributed by atoms with E-state index >= 15 is 0 Å². The van der Waals surface area contributed by atoms with E-state index in [0.717, 1.165) is 64.2 Å². The summed E-state index contributed by atoms with van der Waals surface area (Å²) in [5.41, 5.74) is 0. The first-order valence-corrected chi connectivity index (χ1v) is 25.3. The van der Waals surface area contributed by atoms with Crippen molar-refractivity contribution < 1.29 is 32.9 Å². The van der Waals surface area contributed by atoms with E-state index in [0.29, 0.717) is 17.4 Å². The number of quaternary nitrogens is 1. The van der Waals surface area contributed by atoms with Crippen LogP contribution in [-0.4, -0.2) is 73.4 Å². The van der Waals surface area contributed by atoms with Crippen LogP contribution in [0.1, 0.15) is 187 Å². The fourth-order valence-corrected chi connectivity index (χ4v) is 7.12. The van der Waals surface area contributed by atoms with Crippen molar-refractivity contribution in [1.82, 2.24) is 5.32 Å². The van der Waals surface area contributed by atoms with Crippen LogP contribution in [0.3, 0.4) is 0 Å². The number of hydrogen-bond donors (Lipinski definition) is 3. The lowest BCUT2D eigenvalue weighted by molar-refractivity contribution is -0.870. The predicted molar refractivity (Wildman–Crippen MR) is 253 cm³/mol. The molecule has 0 bridgehead atoms. The Kier molecular flexibility index (Phi) is 39.9. The number of phosphoric acid groups is 1. The summed E-state index contributed by atoms with van der Waals surface area (Å²) in [4.78, 5) is 23.1. The normalized spacial score (nSPS) is 14.9. The van der Waals surface area contributed by atoms with Crippen LogP contribution >= 0.6 is 7.82 Å². The second-order valence-corrected chi connectivity index (χ2v) is 18.5. The summed E-state index contributed by atoms with van der Waals surface area (Å²) in [6.45, 7) is 4.63. The van der Waals surface area contributed by atoms with Gasteiger partial charge in [0.25, 0.3) is 0 Å². The number of carbonyl (C=O) groups is 1. The van der Waals surface area contributed by atoms with E-state index in [1.807, 2.05) is 27.2 Å². The lowest BCUT2D eigenvalue weighted by Gasteiger charge is -2.25. The van der Waals surface area contributed by atoms with E-state index in [2.05, 4.69) is 79.9 Å². The van der Waals surface area contributed by atoms with E-state index in [1.165, 1.54) is 103 Å². The van der Waals surface area contributed by atoms with Gasteiger partial charge in [-0.1, -0.05) is 177 Å². The van der Waals surface area contributed by atoms with E-state index in [9.17, 15) is 19.4 Å². The first kappa shape index (κ1) is 56.9. The van der Waals surface area contributed by atoms with Crippen LogP contribution in [0.5, 0.6) is 0 Å². The largest absolute Gasteiger partial charge is 0.472 e. The van der Waals surface area contributed by atoms with Gasteiger partial charge in [-0.15, -0.1) is 0 Å². The molecule has 342 valence electrons. The number of phosphoric ester groups is 1. The molecule has 0 aromatic carbocycles. The maximum absolute atomic E-state index is 12.9. The number of nitrogens with one attached hydrogen (secondary N) is 1. The third kappa shape index (κ3) is 43.8. The molecule has 0 fully saturated rings. The minimum Gasteiger partial charge on any atom is -0.387 e. The average molecular weight is 848 g/mol. The highest BCUT2D eigenvalue weighted by Crippen LogP contribution is 2.43. The molecule has 9 heteroatoms. The summed E-state index contributed by atoms with van der Waals surface area (Å²) in [6, 6.07) is -0.872. The zero-order valence-electron chi connectivity index (χ0n) is 38.7. The maximum Gasteiger partial charge on any atom is 0.472 e. The van der Waals surface area contributed by atoms with Gasteiger partial charge in [0.15, 0.2) is 0 Å². The highest BCUT2D eigenvalue weighted by Gasteiger charge is 2.27. The number of nitrogens with zero attached hydrogens (tertiary/aromatic N) is 1. The third-order valence-electron chi connectivity index (χ3n) is 10.1. The molecule has 0 aliphatic carbocycles. The SMILES string of the molecule is CC/C=C/CC/C=C/CC/C=C/C(O)C(COP(=O)(O)OCC[N+](C)(C)C)NC(=O)CCCCCCCCCCCCCC/C=C\C/C=C\C/C=C\CCCCCCC. The summed E-state index contributed by atoms with van der Waals surface area (Å²) in [6.07, 6.45) is 55.7. The van der Waals surface area contributed by atoms with E-state index in [-0.39, 0.29) is 19.1 Å². The van der Waals surface area contributed by atoms with Crippen molar-refractivity contribution in [3.63, 3.8) is 0 Å². The Morgan fingerprint density at radius 2 is 1.03 bits per heavy atom. The van der Waals surface area contributed by atoms with Crippen molar-refractivity contribution >= 4 is 13.7 Å². The minimum absolute atomic E-state index is 0.0500. The lowest BCUT2D eigenvalue weighted by Crippen LogP contribution is -2.45. The average Bonchev–Trinajstić information content (AvgIpc) is 3.19. The second-order valence-electron chi connectivity index (χ2n) is 17.1. The number of aliphatic hydroxyl groups excluding tert-OH is 1. The first-order valence-electron chi connectivity index (χ1n) is 23.8. The molecule has 0 aliphatic heterocycles. The van der Waals surface area contributed by atoms with Gasteiger partial charge >= 0.3 is 7.82 Å². The molecule has 0 rings (SSSR count). The fraction of sp³-hybridized carbons (Fsp3) is 0.740. The van der Waals surface area contributed by atoms with Crippen LogP contribution in [0, 0.1) is 0 Å². The Morgan fingerprint density at radius 3 is 1.54 bits per heavy atom. The monoisotopic (exact) mass is 848 g/mol. The smallest absolute Gasteiger partial charge is 0.387 e. The van der Waals surface area contributed by atoms with E-state index < -0.39 is 20.0 Å². The van der Waals surface area contributed by atoms with Gasteiger partial charge in [0.1, 0.15) is 13.2 Å². The molecule has 3 atom stereocenters. The third-order valence-corrected chi connectivity index (χ3v) is 11.1. The maximum atomic E-state index is 12.9. The van der Waals surface area contributed by atoms with Crippen LogP contribution in [0.4, 0.5) is 0 Å². The number of allylic oxidation sites excluding steroid dienone is 11. The molecular formula is C50H92N2O6P+. The van der Waals surface area contributed by atoms with Crippen molar-refractivity contribution in [3.05, 3.63) is 72.9 Å². The minimum atomic E-state index is -4.35. The Bertz CT molecular complexity index is 1190. The first-order chi connectivity index (χ1) is 28.5. The number of carbonyl (C=O) groups excluding carboxylic acids is 1. The Balaban J connectivity index is 4.19. The van der Waals surface area contributed by atoms with Gasteiger partial charge in [0.05, 0.1) is 39.9 Å². The van der Waals surface area contributed by atoms with Crippen LogP contribution in [0.2, 0.25) is 0 Å². The van der Waals surface area contributed by atoms with Gasteiger partial charge in [-0.25, -0.2) is 4.57 Å². The zero-order valence-corrected chi connectivity index (χ0v) is 39.6. The summed E-state index contributed by atoms with van der Waals surface area (Å²) in [7, 11) is 1.53. The molecule has 3 unspecified atom stereocenters. The van der Waals surface area contributed by atoms with Crippen molar-refractivity contribution in [2.45, 2.75) is 199 Å². The molecular weight excluding hydrogens is 756 g/mol. The predicted octanol–water partition coefficient (Wildman–Crippen LogP) is 13.6. The van der Waals surface area contributed by atoms with Gasteiger partial charge in [-0.3, -0.25) is 13.8 Å².